The molecule has 4 aromatic rings. The number of aromatic nitrogens is 2. The lowest BCUT2D eigenvalue weighted by Gasteiger charge is -2.24. The number of aliphatic carboxylic acids is 2. The maximum Gasteiger partial charge on any atom is 0.305 e. The summed E-state index contributed by atoms with van der Waals surface area (Å²) >= 11 is 0. The van der Waals surface area contributed by atoms with Crippen LogP contribution in [0.4, 0.5) is 0 Å². The zero-order valence-corrected chi connectivity index (χ0v) is 23.6. The Morgan fingerprint density at radius 3 is 1.43 bits per heavy atom. The van der Waals surface area contributed by atoms with Crippen LogP contribution >= 0.6 is 0 Å². The first-order chi connectivity index (χ1) is 21.1. The molecule has 2 aromatic carbocycles. The van der Waals surface area contributed by atoms with Gasteiger partial charge in [0.25, 0.3) is 11.8 Å². The first-order valence-corrected chi connectivity index (χ1v) is 13.9. The standard InChI is InChI=1S/C30H34N4O10/c35-25(36)9-11-43-23(13-17-15-31-21-7-3-1-5-19(17)21)33-29(41)27(39)28(40)30(42)34-24(44-12-10-26(37)38)14-18-16-32-22-8-4-2-6-20(18)22/h1-8,15-16,23-24,27-28,31-32,39-40H,9-14H2,(H,33,41)(H,34,42)(H,35,36)(H,37,38)/t23?,24?,27-,28-/m0/s1. The summed E-state index contributed by atoms with van der Waals surface area (Å²) in [5, 5.41) is 45.7. The number of fused-ring (bicyclic) bond motifs is 2. The molecule has 4 rings (SSSR count). The number of hydrogen-bond donors (Lipinski definition) is 8. The zero-order valence-electron chi connectivity index (χ0n) is 23.6. The number of rotatable bonds is 17. The minimum absolute atomic E-state index is 0.0918. The van der Waals surface area contributed by atoms with Crippen LogP contribution in [-0.2, 0) is 41.5 Å². The third-order valence-electron chi connectivity index (χ3n) is 6.87. The highest BCUT2D eigenvalue weighted by molar-refractivity contribution is 5.91. The number of hydrogen-bond acceptors (Lipinski definition) is 8. The summed E-state index contributed by atoms with van der Waals surface area (Å²) in [5.41, 5.74) is 3.15. The molecular weight excluding hydrogens is 576 g/mol. The van der Waals surface area contributed by atoms with Crippen LogP contribution < -0.4 is 10.6 Å². The Hall–Kier alpha value is -4.76. The van der Waals surface area contributed by atoms with Gasteiger partial charge in [-0.2, -0.15) is 0 Å². The fourth-order valence-electron chi connectivity index (χ4n) is 4.66. The molecule has 2 unspecified atom stereocenters. The van der Waals surface area contributed by atoms with Crippen LogP contribution in [-0.4, -0.2) is 92.0 Å². The Labute approximate surface area is 251 Å². The molecule has 0 aliphatic heterocycles. The number of para-hydroxylation sites is 2. The normalized spacial score (nSPS) is 14.1. The molecule has 0 spiro atoms. The Morgan fingerprint density at radius 1 is 0.659 bits per heavy atom. The summed E-state index contributed by atoms with van der Waals surface area (Å²) in [7, 11) is 0. The molecule has 234 valence electrons. The lowest BCUT2D eigenvalue weighted by molar-refractivity contribution is -0.151. The van der Waals surface area contributed by atoms with Gasteiger partial charge < -0.3 is 50.5 Å². The van der Waals surface area contributed by atoms with E-state index in [9.17, 15) is 29.4 Å². The number of carbonyl (C=O) groups excluding carboxylic acids is 2. The summed E-state index contributed by atoms with van der Waals surface area (Å²) in [4.78, 5) is 54.0. The minimum atomic E-state index is -2.23. The van der Waals surface area contributed by atoms with Crippen molar-refractivity contribution in [2.24, 2.45) is 0 Å². The summed E-state index contributed by atoms with van der Waals surface area (Å²) < 4.78 is 11.1. The molecule has 2 amide bonds. The molecule has 44 heavy (non-hydrogen) atoms. The molecule has 4 atom stereocenters. The van der Waals surface area contributed by atoms with E-state index in [1.54, 1.807) is 12.4 Å². The summed E-state index contributed by atoms with van der Waals surface area (Å²) in [6.45, 7) is -0.490. The Morgan fingerprint density at radius 2 is 1.05 bits per heavy atom. The molecule has 0 saturated carbocycles. The first kappa shape index (κ1) is 32.2. The minimum Gasteiger partial charge on any atom is -0.481 e. The van der Waals surface area contributed by atoms with Crippen molar-refractivity contribution in [3.05, 3.63) is 72.1 Å². The molecule has 0 fully saturated rings. The van der Waals surface area contributed by atoms with E-state index in [4.69, 9.17) is 19.7 Å². The maximum atomic E-state index is 12.9. The second-order valence-corrected chi connectivity index (χ2v) is 10.0. The number of carboxylic acids is 2. The van der Waals surface area contributed by atoms with Crippen molar-refractivity contribution in [3.8, 4) is 0 Å². The fourth-order valence-corrected chi connectivity index (χ4v) is 4.66. The van der Waals surface area contributed by atoms with Gasteiger partial charge in [-0.1, -0.05) is 36.4 Å². The van der Waals surface area contributed by atoms with Crippen LogP contribution in [0.1, 0.15) is 24.0 Å². The molecule has 0 radical (unpaired) electrons. The van der Waals surface area contributed by atoms with Crippen molar-refractivity contribution in [2.75, 3.05) is 13.2 Å². The van der Waals surface area contributed by atoms with Gasteiger partial charge in [-0.05, 0) is 23.3 Å². The Kier molecular flexibility index (Phi) is 11.0. The number of aliphatic hydroxyl groups is 2. The van der Waals surface area contributed by atoms with E-state index >= 15 is 0 Å². The highest BCUT2D eigenvalue weighted by Crippen LogP contribution is 2.21. The van der Waals surface area contributed by atoms with Gasteiger partial charge in [0, 0.05) is 47.0 Å². The van der Waals surface area contributed by atoms with Gasteiger partial charge in [0.05, 0.1) is 26.1 Å². The van der Waals surface area contributed by atoms with E-state index in [0.29, 0.717) is 0 Å². The van der Waals surface area contributed by atoms with Crippen LogP contribution in [0, 0.1) is 0 Å². The van der Waals surface area contributed by atoms with Crippen molar-refractivity contribution in [2.45, 2.75) is 50.3 Å². The topological polar surface area (TPSA) is 223 Å². The van der Waals surface area contributed by atoms with Gasteiger partial charge in [-0.15, -0.1) is 0 Å². The van der Waals surface area contributed by atoms with Gasteiger partial charge in [-0.25, -0.2) is 0 Å². The molecule has 14 nitrogen and oxygen atoms in total. The third kappa shape index (κ3) is 8.64. The molecule has 0 aliphatic rings. The smallest absolute Gasteiger partial charge is 0.305 e. The average molecular weight is 611 g/mol. The van der Waals surface area contributed by atoms with E-state index in [0.717, 1.165) is 32.9 Å². The lowest BCUT2D eigenvalue weighted by atomic mass is 10.1. The van der Waals surface area contributed by atoms with E-state index in [1.807, 2.05) is 48.5 Å². The quantitative estimate of drug-likeness (QED) is 0.0793. The molecular formula is C30H34N4O10. The fraction of sp³-hybridized carbons (Fsp3) is 0.333. The van der Waals surface area contributed by atoms with Crippen LogP contribution in [0.5, 0.6) is 0 Å². The van der Waals surface area contributed by atoms with Crippen molar-refractivity contribution in [3.63, 3.8) is 0 Å². The average Bonchev–Trinajstić information content (AvgIpc) is 3.60. The van der Waals surface area contributed by atoms with E-state index in [2.05, 4.69) is 20.6 Å². The van der Waals surface area contributed by atoms with E-state index in [1.165, 1.54) is 0 Å². The lowest BCUT2D eigenvalue weighted by Crippen LogP contribution is -2.54. The third-order valence-corrected chi connectivity index (χ3v) is 6.87. The van der Waals surface area contributed by atoms with Gasteiger partial charge in [0.1, 0.15) is 12.5 Å². The molecule has 0 bridgehead atoms. The molecule has 0 saturated heterocycles. The first-order valence-electron chi connectivity index (χ1n) is 13.9. The number of aliphatic hydroxyl groups excluding tert-OH is 2. The number of amides is 2. The predicted molar refractivity (Wildman–Crippen MR) is 156 cm³/mol. The Balaban J connectivity index is 1.41. The van der Waals surface area contributed by atoms with Gasteiger partial charge in [0.15, 0.2) is 12.2 Å². The van der Waals surface area contributed by atoms with Crippen LogP contribution in [0.2, 0.25) is 0 Å². The van der Waals surface area contributed by atoms with Crippen LogP contribution in [0.25, 0.3) is 21.8 Å². The number of nitrogens with one attached hydrogen (secondary N) is 4. The highest BCUT2D eigenvalue weighted by Gasteiger charge is 2.33. The van der Waals surface area contributed by atoms with Crippen LogP contribution in [0.15, 0.2) is 60.9 Å². The van der Waals surface area contributed by atoms with Gasteiger partial charge >= 0.3 is 11.9 Å². The predicted octanol–water partition coefficient (Wildman–Crippen LogP) is 1.02. The number of carbonyl (C=O) groups is 4. The second-order valence-electron chi connectivity index (χ2n) is 10.0. The van der Waals surface area contributed by atoms with E-state index < -0.39 is 48.4 Å². The number of ether oxygens (including phenoxy) is 2. The van der Waals surface area contributed by atoms with Crippen molar-refractivity contribution in [1.29, 1.82) is 0 Å². The molecule has 14 heteroatoms. The molecule has 2 aromatic heterocycles. The number of aromatic amines is 2. The van der Waals surface area contributed by atoms with Gasteiger partial charge in [-0.3, -0.25) is 19.2 Å². The summed E-state index contributed by atoms with van der Waals surface area (Å²) in [6, 6.07) is 14.8. The highest BCUT2D eigenvalue weighted by atomic mass is 16.5. The molecule has 0 aliphatic carbocycles. The number of carboxylic acid groups (broad SMARTS) is 2. The van der Waals surface area contributed by atoms with Gasteiger partial charge in [0.2, 0.25) is 0 Å². The summed E-state index contributed by atoms with van der Waals surface area (Å²) in [6.07, 6.45) is -3.72. The molecule has 8 N–H and O–H groups in total. The summed E-state index contributed by atoms with van der Waals surface area (Å²) in [5.74, 6) is -4.48. The maximum absolute atomic E-state index is 12.9. The van der Waals surface area contributed by atoms with Crippen LogP contribution in [0.3, 0.4) is 0 Å². The molecule has 2 heterocycles. The monoisotopic (exact) mass is 610 g/mol. The van der Waals surface area contributed by atoms with Crippen molar-refractivity contribution in [1.82, 2.24) is 20.6 Å². The van der Waals surface area contributed by atoms with E-state index in [-0.39, 0.29) is 38.9 Å². The largest absolute Gasteiger partial charge is 0.481 e. The van der Waals surface area contributed by atoms with Crippen molar-refractivity contribution < 1.29 is 49.1 Å². The zero-order chi connectivity index (χ0) is 31.6. The number of benzene rings is 2. The SMILES string of the molecule is O=C(O)CCOC(Cc1c[nH]c2ccccc12)NC(=O)[C@@H](O)[C@H](O)C(=O)NC(Cc1c[nH]c2ccccc12)OCCC(=O)O. The second kappa shape index (κ2) is 15.1. The number of H-pyrrole nitrogens is 2. The Bertz CT molecular complexity index is 1480. The van der Waals surface area contributed by atoms with Crippen molar-refractivity contribution >= 4 is 45.6 Å².